The predicted molar refractivity (Wildman–Crippen MR) is 148 cm³/mol. The van der Waals surface area contributed by atoms with Crippen LogP contribution >= 0.6 is 0 Å². The maximum atomic E-state index is 12.4. The predicted octanol–water partition coefficient (Wildman–Crippen LogP) is 3.69. The first-order chi connectivity index (χ1) is 19.0. The number of unbranched alkanes of at least 4 members (excludes halogenated alkanes) is 2. The van der Waals surface area contributed by atoms with Crippen molar-refractivity contribution in [1.29, 1.82) is 0 Å². The van der Waals surface area contributed by atoms with Gasteiger partial charge in [-0.25, -0.2) is 0 Å². The Morgan fingerprint density at radius 1 is 0.949 bits per heavy atom. The van der Waals surface area contributed by atoms with Gasteiger partial charge < -0.3 is 30.0 Å². The van der Waals surface area contributed by atoms with Crippen LogP contribution in [0.4, 0.5) is 5.69 Å². The van der Waals surface area contributed by atoms with Crippen LogP contribution in [-0.2, 0) is 30.4 Å². The molecule has 0 bridgehead atoms. The van der Waals surface area contributed by atoms with Gasteiger partial charge >= 0.3 is 0 Å². The van der Waals surface area contributed by atoms with Crippen LogP contribution < -0.4 is 10.6 Å². The number of rotatable bonds is 12. The number of aliphatic hydroxyl groups excluding tert-OH is 1. The monoisotopic (exact) mass is 539 g/mol. The van der Waals surface area contributed by atoms with Crippen molar-refractivity contribution < 1.29 is 28.9 Å². The number of benzene rings is 2. The number of nitrogens with one attached hydrogen (secondary N) is 2. The maximum Gasteiger partial charge on any atom is 0.224 e. The van der Waals surface area contributed by atoms with Crippen molar-refractivity contribution in [3.05, 3.63) is 65.2 Å². The summed E-state index contributed by atoms with van der Waals surface area (Å²) in [6, 6.07) is 15.5. The molecule has 2 saturated heterocycles. The Labute approximate surface area is 230 Å². The second-order valence-corrected chi connectivity index (χ2v) is 10.2. The van der Waals surface area contributed by atoms with E-state index in [0.717, 1.165) is 80.9 Å². The number of hydrogen-bond acceptors (Lipinski definition) is 7. The van der Waals surface area contributed by atoms with Crippen LogP contribution in [0.5, 0.6) is 0 Å². The van der Waals surface area contributed by atoms with Gasteiger partial charge in [0, 0.05) is 57.2 Å². The molecule has 0 aromatic heterocycles. The van der Waals surface area contributed by atoms with Crippen molar-refractivity contribution in [2.75, 3.05) is 44.7 Å². The summed E-state index contributed by atoms with van der Waals surface area (Å²) in [6.07, 6.45) is 3.05. The van der Waals surface area contributed by atoms with E-state index in [9.17, 15) is 14.7 Å². The highest BCUT2D eigenvalue weighted by Gasteiger charge is 2.33. The van der Waals surface area contributed by atoms with E-state index in [0.29, 0.717) is 13.0 Å². The van der Waals surface area contributed by atoms with Gasteiger partial charge in [-0.3, -0.25) is 14.5 Å². The van der Waals surface area contributed by atoms with Gasteiger partial charge in [0.05, 0.1) is 32.0 Å². The molecule has 4 rings (SSSR count). The molecular weight excluding hydrogens is 498 g/mol. The molecule has 2 heterocycles. The summed E-state index contributed by atoms with van der Waals surface area (Å²) in [6.45, 7) is 6.24. The molecule has 0 saturated carbocycles. The minimum atomic E-state index is -0.527. The molecule has 0 unspecified atom stereocenters. The van der Waals surface area contributed by atoms with Crippen molar-refractivity contribution in [2.45, 2.75) is 64.1 Å². The van der Waals surface area contributed by atoms with E-state index in [1.165, 1.54) is 6.92 Å². The summed E-state index contributed by atoms with van der Waals surface area (Å²) < 4.78 is 18.4. The quantitative estimate of drug-likeness (QED) is 0.353. The SMILES string of the molecule is CC(=O)NCCCCCC(=O)Nc1ccc([C@@H]2O[C@H](CN3CCOCC3)C[C@H](c3ccc(CO)cc3)O2)cc1. The smallest absolute Gasteiger partial charge is 0.224 e. The fourth-order valence-corrected chi connectivity index (χ4v) is 4.90. The van der Waals surface area contributed by atoms with E-state index in [4.69, 9.17) is 14.2 Å². The van der Waals surface area contributed by atoms with Gasteiger partial charge in [0.15, 0.2) is 6.29 Å². The van der Waals surface area contributed by atoms with Crippen molar-refractivity contribution in [3.8, 4) is 0 Å². The molecule has 2 aromatic carbocycles. The zero-order valence-corrected chi connectivity index (χ0v) is 22.8. The number of hydrogen-bond donors (Lipinski definition) is 3. The topological polar surface area (TPSA) is 109 Å². The first kappa shape index (κ1) is 29.2. The first-order valence-electron chi connectivity index (χ1n) is 13.9. The number of ether oxygens (including phenoxy) is 3. The zero-order valence-electron chi connectivity index (χ0n) is 22.8. The average Bonchev–Trinajstić information content (AvgIpc) is 2.95. The Hall–Kier alpha value is -2.82. The number of carbonyl (C=O) groups is 2. The molecule has 2 aliphatic rings. The van der Waals surface area contributed by atoms with E-state index >= 15 is 0 Å². The summed E-state index contributed by atoms with van der Waals surface area (Å²) in [5.74, 6) is -0.0514. The fourth-order valence-electron chi connectivity index (χ4n) is 4.90. The van der Waals surface area contributed by atoms with Crippen LogP contribution in [0.1, 0.15) is 68.1 Å². The van der Waals surface area contributed by atoms with Gasteiger partial charge in [0.1, 0.15) is 0 Å². The highest BCUT2D eigenvalue weighted by atomic mass is 16.7. The summed E-state index contributed by atoms with van der Waals surface area (Å²) in [4.78, 5) is 25.6. The second kappa shape index (κ2) is 15.1. The lowest BCUT2D eigenvalue weighted by Crippen LogP contribution is -2.44. The lowest BCUT2D eigenvalue weighted by Gasteiger charge is -2.39. The molecule has 9 heteroatoms. The van der Waals surface area contributed by atoms with Crippen LogP contribution in [0.2, 0.25) is 0 Å². The normalized spacial score (nSPS) is 21.8. The minimum absolute atomic E-state index is 0.00519. The Balaban J connectivity index is 1.34. The van der Waals surface area contributed by atoms with E-state index in [-0.39, 0.29) is 30.6 Å². The highest BCUT2D eigenvalue weighted by Crippen LogP contribution is 2.38. The third-order valence-electron chi connectivity index (χ3n) is 7.10. The molecule has 9 nitrogen and oxygen atoms in total. The molecule has 2 aliphatic heterocycles. The van der Waals surface area contributed by atoms with Gasteiger partial charge in [0.25, 0.3) is 0 Å². The third kappa shape index (κ3) is 9.40. The standard InChI is InChI=1S/C30H41N3O6/c1-22(35)31-14-4-2-3-5-29(36)32-26-12-10-25(11-13-26)30-38-27(20-33-15-17-37-18-16-33)19-28(39-30)24-8-6-23(21-34)7-9-24/h6-13,27-28,30,34H,2-5,14-21H2,1H3,(H,31,35)(H,32,36)/t27-,28+,30+/m0/s1. The van der Waals surface area contributed by atoms with E-state index in [1.807, 2.05) is 48.5 Å². The molecule has 2 aromatic rings. The third-order valence-corrected chi connectivity index (χ3v) is 7.10. The van der Waals surface area contributed by atoms with Crippen LogP contribution in [-0.4, -0.2) is 67.3 Å². The van der Waals surface area contributed by atoms with Crippen LogP contribution in [0, 0.1) is 0 Å². The lowest BCUT2D eigenvalue weighted by atomic mass is 9.99. The van der Waals surface area contributed by atoms with Crippen LogP contribution in [0.3, 0.4) is 0 Å². The lowest BCUT2D eigenvalue weighted by molar-refractivity contribution is -0.253. The van der Waals surface area contributed by atoms with Crippen molar-refractivity contribution in [3.63, 3.8) is 0 Å². The fraction of sp³-hybridized carbons (Fsp3) is 0.533. The highest BCUT2D eigenvalue weighted by molar-refractivity contribution is 5.90. The Morgan fingerprint density at radius 3 is 2.36 bits per heavy atom. The summed E-state index contributed by atoms with van der Waals surface area (Å²) >= 11 is 0. The van der Waals surface area contributed by atoms with Gasteiger partial charge in [-0.1, -0.05) is 42.8 Å². The average molecular weight is 540 g/mol. The van der Waals surface area contributed by atoms with Crippen molar-refractivity contribution in [1.82, 2.24) is 10.2 Å². The molecule has 212 valence electrons. The molecule has 3 atom stereocenters. The molecule has 2 amide bonds. The number of nitrogens with zero attached hydrogens (tertiary/aromatic N) is 1. The molecular formula is C30H41N3O6. The van der Waals surface area contributed by atoms with Crippen LogP contribution in [0.25, 0.3) is 0 Å². The Morgan fingerprint density at radius 2 is 1.67 bits per heavy atom. The maximum absolute atomic E-state index is 12.4. The molecule has 2 fully saturated rings. The minimum Gasteiger partial charge on any atom is -0.392 e. The summed E-state index contributed by atoms with van der Waals surface area (Å²) in [5.41, 5.74) is 3.57. The summed E-state index contributed by atoms with van der Waals surface area (Å²) in [5, 5.41) is 15.1. The largest absolute Gasteiger partial charge is 0.392 e. The van der Waals surface area contributed by atoms with E-state index in [2.05, 4.69) is 15.5 Å². The van der Waals surface area contributed by atoms with E-state index < -0.39 is 6.29 Å². The van der Waals surface area contributed by atoms with Gasteiger partial charge in [-0.15, -0.1) is 0 Å². The van der Waals surface area contributed by atoms with Gasteiger partial charge in [-0.05, 0) is 36.1 Å². The second-order valence-electron chi connectivity index (χ2n) is 10.2. The Kier molecular flexibility index (Phi) is 11.3. The van der Waals surface area contributed by atoms with Gasteiger partial charge in [0.2, 0.25) is 11.8 Å². The molecule has 0 aliphatic carbocycles. The van der Waals surface area contributed by atoms with Crippen molar-refractivity contribution >= 4 is 17.5 Å². The van der Waals surface area contributed by atoms with E-state index in [1.54, 1.807) is 0 Å². The Bertz CT molecular complexity index is 1040. The number of amides is 2. The number of aliphatic hydroxyl groups is 1. The molecule has 39 heavy (non-hydrogen) atoms. The van der Waals surface area contributed by atoms with Gasteiger partial charge in [-0.2, -0.15) is 0 Å². The molecule has 0 spiro atoms. The number of carbonyl (C=O) groups excluding carboxylic acids is 2. The molecule has 0 radical (unpaired) electrons. The van der Waals surface area contributed by atoms with Crippen LogP contribution in [0.15, 0.2) is 48.5 Å². The number of anilines is 1. The summed E-state index contributed by atoms with van der Waals surface area (Å²) in [7, 11) is 0. The zero-order chi connectivity index (χ0) is 27.5. The molecule has 3 N–H and O–H groups in total. The first-order valence-corrected chi connectivity index (χ1v) is 13.9. The number of morpholine rings is 1. The van der Waals surface area contributed by atoms with Crippen molar-refractivity contribution in [2.24, 2.45) is 0 Å².